The van der Waals surface area contributed by atoms with Gasteiger partial charge in [0.15, 0.2) is 5.69 Å². The van der Waals surface area contributed by atoms with Crippen LogP contribution in [0.15, 0.2) is 65.6 Å². The lowest BCUT2D eigenvalue weighted by Crippen LogP contribution is -2.25. The molecule has 0 bridgehead atoms. The Balaban J connectivity index is 1.91. The first-order valence-corrected chi connectivity index (χ1v) is 7.65. The van der Waals surface area contributed by atoms with Crippen molar-refractivity contribution < 1.29 is 4.79 Å². The highest BCUT2D eigenvalue weighted by molar-refractivity contribution is 6.30. The maximum Gasteiger partial charge on any atom is 0.280 e. The van der Waals surface area contributed by atoms with Crippen molar-refractivity contribution in [2.75, 3.05) is 5.32 Å². The van der Waals surface area contributed by atoms with E-state index < -0.39 is 11.3 Å². The molecule has 0 aliphatic heterocycles. The normalized spacial score (nSPS) is 10.4. The molecule has 0 saturated carbocycles. The van der Waals surface area contributed by atoms with Gasteiger partial charge >= 0.3 is 0 Å². The molecule has 120 valence electrons. The Kier molecular flexibility index (Phi) is 4.44. The van der Waals surface area contributed by atoms with Crippen molar-refractivity contribution in [2.45, 2.75) is 6.92 Å². The Hall–Kier alpha value is -2.92. The van der Waals surface area contributed by atoms with Gasteiger partial charge in [-0.05, 0) is 43.3 Å². The zero-order valence-electron chi connectivity index (χ0n) is 12.9. The number of rotatable bonds is 3. The second kappa shape index (κ2) is 6.68. The maximum absolute atomic E-state index is 12.3. The van der Waals surface area contributed by atoms with Gasteiger partial charge in [0.25, 0.3) is 5.91 Å². The minimum absolute atomic E-state index is 0.173. The van der Waals surface area contributed by atoms with Crippen LogP contribution < -0.4 is 10.7 Å². The molecule has 2 aromatic carbocycles. The molecule has 24 heavy (non-hydrogen) atoms. The lowest BCUT2D eigenvalue weighted by molar-refractivity contribution is 0.101. The van der Waals surface area contributed by atoms with E-state index in [1.54, 1.807) is 24.3 Å². The van der Waals surface area contributed by atoms with Gasteiger partial charge in [-0.1, -0.05) is 29.3 Å². The van der Waals surface area contributed by atoms with Crippen LogP contribution in [0.4, 0.5) is 5.69 Å². The molecule has 5 nitrogen and oxygen atoms in total. The summed E-state index contributed by atoms with van der Waals surface area (Å²) in [4.78, 5) is 24.3. The molecule has 0 unspecified atom stereocenters. The predicted octanol–water partition coefficient (Wildman–Crippen LogP) is 3.45. The van der Waals surface area contributed by atoms with E-state index in [0.29, 0.717) is 10.7 Å². The number of hydrogen-bond acceptors (Lipinski definition) is 3. The average Bonchev–Trinajstić information content (AvgIpc) is 2.58. The number of aryl methyl sites for hydroxylation is 1. The van der Waals surface area contributed by atoms with E-state index in [2.05, 4.69) is 10.4 Å². The fourth-order valence-corrected chi connectivity index (χ4v) is 2.26. The SMILES string of the molecule is Cc1ccc(-n2ccc(=O)c(C(=O)Nc3ccc(Cl)cc3)n2)cc1. The van der Waals surface area contributed by atoms with E-state index in [4.69, 9.17) is 11.6 Å². The summed E-state index contributed by atoms with van der Waals surface area (Å²) in [6.07, 6.45) is 1.53. The molecule has 3 rings (SSSR count). The van der Waals surface area contributed by atoms with Crippen LogP contribution in [0, 0.1) is 6.92 Å². The maximum atomic E-state index is 12.3. The fraction of sp³-hybridized carbons (Fsp3) is 0.0556. The first-order valence-electron chi connectivity index (χ1n) is 7.27. The second-order valence-electron chi connectivity index (χ2n) is 5.27. The molecule has 3 aromatic rings. The summed E-state index contributed by atoms with van der Waals surface area (Å²) in [5.41, 5.74) is 1.80. The van der Waals surface area contributed by atoms with Crippen molar-refractivity contribution in [2.24, 2.45) is 0 Å². The summed E-state index contributed by atoms with van der Waals surface area (Å²) in [7, 11) is 0. The van der Waals surface area contributed by atoms with Gasteiger partial charge in [0, 0.05) is 23.0 Å². The van der Waals surface area contributed by atoms with Crippen LogP contribution >= 0.6 is 11.6 Å². The van der Waals surface area contributed by atoms with Gasteiger partial charge in [-0.2, -0.15) is 5.10 Å². The Morgan fingerprint density at radius 2 is 1.71 bits per heavy atom. The highest BCUT2D eigenvalue weighted by Gasteiger charge is 2.13. The number of carbonyl (C=O) groups excluding carboxylic acids is 1. The number of amides is 1. The number of halogens is 1. The summed E-state index contributed by atoms with van der Waals surface area (Å²) in [5, 5.41) is 7.36. The Bertz CT molecular complexity index is 932. The Morgan fingerprint density at radius 3 is 2.38 bits per heavy atom. The molecule has 6 heteroatoms. The van der Waals surface area contributed by atoms with Crippen molar-refractivity contribution in [3.05, 3.63) is 87.3 Å². The van der Waals surface area contributed by atoms with Gasteiger partial charge in [0.1, 0.15) is 0 Å². The van der Waals surface area contributed by atoms with Gasteiger partial charge in [-0.25, -0.2) is 4.68 Å². The monoisotopic (exact) mass is 339 g/mol. The first kappa shape index (κ1) is 16.0. The van der Waals surface area contributed by atoms with E-state index in [1.165, 1.54) is 16.9 Å². The molecule has 0 aliphatic rings. The number of hydrogen-bond donors (Lipinski definition) is 1. The van der Waals surface area contributed by atoms with Crippen LogP contribution in [-0.4, -0.2) is 15.7 Å². The number of anilines is 1. The van der Waals surface area contributed by atoms with Crippen LogP contribution in [0.2, 0.25) is 5.02 Å². The molecule has 0 saturated heterocycles. The second-order valence-corrected chi connectivity index (χ2v) is 5.71. The number of nitrogens with zero attached hydrogens (tertiary/aromatic N) is 2. The van der Waals surface area contributed by atoms with Crippen LogP contribution in [0.5, 0.6) is 0 Å². The van der Waals surface area contributed by atoms with Crippen molar-refractivity contribution in [3.8, 4) is 5.69 Å². The summed E-state index contributed by atoms with van der Waals surface area (Å²) in [6.45, 7) is 1.98. The smallest absolute Gasteiger partial charge is 0.280 e. The number of carbonyl (C=O) groups is 1. The van der Waals surface area contributed by atoms with Crippen LogP contribution in [-0.2, 0) is 0 Å². The summed E-state index contributed by atoms with van der Waals surface area (Å²) in [5.74, 6) is -0.566. The minimum atomic E-state index is -0.566. The standard InChI is InChI=1S/C18H14ClN3O2/c1-12-2-8-15(9-3-12)22-11-10-16(23)17(21-22)18(24)20-14-6-4-13(19)5-7-14/h2-11H,1H3,(H,20,24). The van der Waals surface area contributed by atoms with Gasteiger partial charge < -0.3 is 5.32 Å². The zero-order valence-corrected chi connectivity index (χ0v) is 13.6. The third kappa shape index (κ3) is 3.52. The van der Waals surface area contributed by atoms with Crippen molar-refractivity contribution in [1.82, 2.24) is 9.78 Å². The lowest BCUT2D eigenvalue weighted by atomic mass is 10.2. The molecule has 0 aliphatic carbocycles. The Morgan fingerprint density at radius 1 is 1.04 bits per heavy atom. The topological polar surface area (TPSA) is 64.0 Å². The molecule has 1 amide bonds. The molecule has 0 spiro atoms. The minimum Gasteiger partial charge on any atom is -0.320 e. The quantitative estimate of drug-likeness (QED) is 0.795. The highest BCUT2D eigenvalue weighted by atomic mass is 35.5. The van der Waals surface area contributed by atoms with E-state index >= 15 is 0 Å². The summed E-state index contributed by atoms with van der Waals surface area (Å²) >= 11 is 5.81. The van der Waals surface area contributed by atoms with Crippen LogP contribution in [0.1, 0.15) is 16.1 Å². The van der Waals surface area contributed by atoms with E-state index in [9.17, 15) is 9.59 Å². The predicted molar refractivity (Wildman–Crippen MR) is 94.0 cm³/mol. The largest absolute Gasteiger partial charge is 0.320 e. The molecular formula is C18H14ClN3O2. The third-order valence-corrected chi connectivity index (χ3v) is 3.68. The summed E-state index contributed by atoms with van der Waals surface area (Å²) in [6, 6.07) is 15.5. The number of benzene rings is 2. The van der Waals surface area contributed by atoms with E-state index in [-0.39, 0.29) is 5.69 Å². The highest BCUT2D eigenvalue weighted by Crippen LogP contribution is 2.14. The van der Waals surface area contributed by atoms with E-state index in [1.807, 2.05) is 31.2 Å². The van der Waals surface area contributed by atoms with Gasteiger partial charge in [-0.3, -0.25) is 9.59 Å². The van der Waals surface area contributed by atoms with Crippen LogP contribution in [0.3, 0.4) is 0 Å². The third-order valence-electron chi connectivity index (χ3n) is 3.42. The van der Waals surface area contributed by atoms with Crippen molar-refractivity contribution in [1.29, 1.82) is 0 Å². The average molecular weight is 340 g/mol. The molecule has 1 heterocycles. The molecule has 1 N–H and O–H groups in total. The first-order chi connectivity index (χ1) is 11.5. The van der Waals surface area contributed by atoms with Gasteiger partial charge in [0.2, 0.25) is 5.43 Å². The van der Waals surface area contributed by atoms with Crippen molar-refractivity contribution >= 4 is 23.2 Å². The number of aromatic nitrogens is 2. The van der Waals surface area contributed by atoms with Crippen molar-refractivity contribution in [3.63, 3.8) is 0 Å². The molecule has 0 fully saturated rings. The molecule has 0 radical (unpaired) electrons. The molecular weight excluding hydrogens is 326 g/mol. The molecule has 1 aromatic heterocycles. The van der Waals surface area contributed by atoms with Gasteiger partial charge in [0.05, 0.1) is 5.69 Å². The fourth-order valence-electron chi connectivity index (χ4n) is 2.13. The summed E-state index contributed by atoms with van der Waals surface area (Å²) < 4.78 is 1.50. The lowest BCUT2D eigenvalue weighted by Gasteiger charge is -2.08. The number of nitrogens with one attached hydrogen (secondary N) is 1. The Labute approximate surface area is 143 Å². The van der Waals surface area contributed by atoms with E-state index in [0.717, 1.165) is 11.3 Å². The van der Waals surface area contributed by atoms with Crippen LogP contribution in [0.25, 0.3) is 5.69 Å². The zero-order chi connectivity index (χ0) is 17.1. The molecule has 0 atom stereocenters. The van der Waals surface area contributed by atoms with Gasteiger partial charge in [-0.15, -0.1) is 0 Å².